The van der Waals surface area contributed by atoms with Crippen molar-refractivity contribution in [3.8, 4) is 0 Å². The molecule has 21 heavy (non-hydrogen) atoms. The van der Waals surface area contributed by atoms with Crippen molar-refractivity contribution >= 4 is 11.6 Å². The zero-order valence-corrected chi connectivity index (χ0v) is 13.7. The molecule has 2 aromatic carbocycles. The Labute approximate surface area is 133 Å². The van der Waals surface area contributed by atoms with Crippen LogP contribution in [0, 0.1) is 0 Å². The van der Waals surface area contributed by atoms with Crippen LogP contribution in [0.4, 0.5) is 0 Å². The summed E-state index contributed by atoms with van der Waals surface area (Å²) >= 11 is 6.60. The Balaban J connectivity index is 1.96. The first kappa shape index (κ1) is 16.1. The largest absolute Gasteiger partial charge is 0.298 e. The standard InChI is InChI=1S/C19H24ClN/c1-3-16-10-12-18(13-11-16)19(20)15-21(4-2)14-17-8-6-5-7-9-17/h5-13,19H,3-4,14-15H2,1-2H3. The molecule has 2 aromatic rings. The summed E-state index contributed by atoms with van der Waals surface area (Å²) in [6.07, 6.45) is 1.07. The van der Waals surface area contributed by atoms with E-state index >= 15 is 0 Å². The molecule has 0 spiro atoms. The molecule has 1 atom stereocenters. The summed E-state index contributed by atoms with van der Waals surface area (Å²) in [6, 6.07) is 19.2. The van der Waals surface area contributed by atoms with E-state index in [4.69, 9.17) is 11.6 Å². The second-order valence-corrected chi connectivity index (χ2v) is 5.90. The predicted octanol–water partition coefficient (Wildman–Crippen LogP) is 5.05. The molecule has 0 amide bonds. The molecule has 0 aliphatic heterocycles. The monoisotopic (exact) mass is 301 g/mol. The number of benzene rings is 2. The van der Waals surface area contributed by atoms with Gasteiger partial charge < -0.3 is 0 Å². The lowest BCUT2D eigenvalue weighted by Crippen LogP contribution is -2.26. The zero-order chi connectivity index (χ0) is 15.1. The molecule has 0 saturated heterocycles. The first-order valence-electron chi connectivity index (χ1n) is 7.72. The van der Waals surface area contributed by atoms with Crippen LogP contribution in [0.1, 0.15) is 35.9 Å². The Bertz CT molecular complexity index is 521. The van der Waals surface area contributed by atoms with Gasteiger partial charge >= 0.3 is 0 Å². The SMILES string of the molecule is CCc1ccc(C(Cl)CN(CC)Cc2ccccc2)cc1. The molecule has 2 heteroatoms. The van der Waals surface area contributed by atoms with E-state index in [9.17, 15) is 0 Å². The smallest absolute Gasteiger partial charge is 0.0712 e. The number of likely N-dealkylation sites (N-methyl/N-ethyl adjacent to an activating group) is 1. The minimum Gasteiger partial charge on any atom is -0.298 e. The number of hydrogen-bond acceptors (Lipinski definition) is 1. The number of rotatable bonds is 7. The number of alkyl halides is 1. The Morgan fingerprint density at radius 3 is 2.14 bits per heavy atom. The lowest BCUT2D eigenvalue weighted by atomic mass is 10.1. The van der Waals surface area contributed by atoms with E-state index in [1.807, 2.05) is 0 Å². The van der Waals surface area contributed by atoms with Gasteiger partial charge in [-0.15, -0.1) is 11.6 Å². The van der Waals surface area contributed by atoms with Gasteiger partial charge in [0.1, 0.15) is 0 Å². The van der Waals surface area contributed by atoms with Gasteiger partial charge in [0.05, 0.1) is 5.38 Å². The van der Waals surface area contributed by atoms with Crippen LogP contribution < -0.4 is 0 Å². The van der Waals surface area contributed by atoms with Crippen LogP contribution in [0.3, 0.4) is 0 Å². The fraction of sp³-hybridized carbons (Fsp3) is 0.368. The van der Waals surface area contributed by atoms with Gasteiger partial charge in [-0.1, -0.05) is 68.4 Å². The molecule has 0 fully saturated rings. The topological polar surface area (TPSA) is 3.24 Å². The number of aryl methyl sites for hydroxylation is 1. The fourth-order valence-corrected chi connectivity index (χ4v) is 2.78. The maximum Gasteiger partial charge on any atom is 0.0712 e. The van der Waals surface area contributed by atoms with Gasteiger partial charge in [-0.05, 0) is 29.7 Å². The van der Waals surface area contributed by atoms with Gasteiger partial charge in [0, 0.05) is 13.1 Å². The van der Waals surface area contributed by atoms with Crippen molar-refractivity contribution in [1.29, 1.82) is 0 Å². The second-order valence-electron chi connectivity index (χ2n) is 5.38. The first-order chi connectivity index (χ1) is 10.2. The van der Waals surface area contributed by atoms with Gasteiger partial charge in [-0.3, -0.25) is 4.90 Å². The van der Waals surface area contributed by atoms with Crippen molar-refractivity contribution in [2.45, 2.75) is 32.2 Å². The van der Waals surface area contributed by atoms with Crippen molar-refractivity contribution in [2.24, 2.45) is 0 Å². The molecule has 1 nitrogen and oxygen atoms in total. The Kier molecular flexibility index (Phi) is 6.28. The summed E-state index contributed by atoms with van der Waals surface area (Å²) in [5.41, 5.74) is 3.91. The number of halogens is 1. The van der Waals surface area contributed by atoms with Gasteiger partial charge in [0.25, 0.3) is 0 Å². The van der Waals surface area contributed by atoms with Crippen molar-refractivity contribution < 1.29 is 0 Å². The minimum atomic E-state index is 0.0413. The predicted molar refractivity (Wildman–Crippen MR) is 91.8 cm³/mol. The maximum atomic E-state index is 6.60. The summed E-state index contributed by atoms with van der Waals surface area (Å²) in [7, 11) is 0. The molecular formula is C19H24ClN. The highest BCUT2D eigenvalue weighted by Gasteiger charge is 2.13. The molecule has 0 bridgehead atoms. The summed E-state index contributed by atoms with van der Waals surface area (Å²) < 4.78 is 0. The van der Waals surface area contributed by atoms with Crippen LogP contribution in [-0.4, -0.2) is 18.0 Å². The fourth-order valence-electron chi connectivity index (χ4n) is 2.44. The van der Waals surface area contributed by atoms with Crippen LogP contribution in [0.25, 0.3) is 0 Å². The van der Waals surface area contributed by atoms with Crippen molar-refractivity contribution in [3.05, 3.63) is 71.3 Å². The van der Waals surface area contributed by atoms with Crippen LogP contribution in [-0.2, 0) is 13.0 Å². The average molecular weight is 302 g/mol. The highest BCUT2D eigenvalue weighted by Crippen LogP contribution is 2.23. The van der Waals surface area contributed by atoms with Crippen LogP contribution in [0.15, 0.2) is 54.6 Å². The van der Waals surface area contributed by atoms with Gasteiger partial charge in [-0.2, -0.15) is 0 Å². The highest BCUT2D eigenvalue weighted by molar-refractivity contribution is 6.21. The summed E-state index contributed by atoms with van der Waals surface area (Å²) in [5, 5.41) is 0.0413. The average Bonchev–Trinajstić information content (AvgIpc) is 2.55. The second kappa shape index (κ2) is 8.21. The molecule has 0 radical (unpaired) electrons. The highest BCUT2D eigenvalue weighted by atomic mass is 35.5. The normalized spacial score (nSPS) is 12.6. The molecule has 0 aromatic heterocycles. The van der Waals surface area contributed by atoms with E-state index in [0.717, 1.165) is 26.1 Å². The number of hydrogen-bond donors (Lipinski definition) is 0. The summed E-state index contributed by atoms with van der Waals surface area (Å²) in [6.45, 7) is 7.19. The molecule has 0 aliphatic rings. The number of nitrogens with zero attached hydrogens (tertiary/aromatic N) is 1. The van der Waals surface area contributed by atoms with Crippen LogP contribution in [0.2, 0.25) is 0 Å². The zero-order valence-electron chi connectivity index (χ0n) is 12.9. The van der Waals surface area contributed by atoms with Crippen molar-refractivity contribution in [3.63, 3.8) is 0 Å². The van der Waals surface area contributed by atoms with E-state index in [1.54, 1.807) is 0 Å². The molecule has 0 aliphatic carbocycles. The Morgan fingerprint density at radius 2 is 1.57 bits per heavy atom. The third-order valence-electron chi connectivity index (χ3n) is 3.86. The van der Waals surface area contributed by atoms with Gasteiger partial charge in [0.15, 0.2) is 0 Å². The van der Waals surface area contributed by atoms with Crippen LogP contribution in [0.5, 0.6) is 0 Å². The van der Waals surface area contributed by atoms with E-state index in [0.29, 0.717) is 0 Å². The molecule has 1 unspecified atom stereocenters. The Morgan fingerprint density at radius 1 is 0.905 bits per heavy atom. The van der Waals surface area contributed by atoms with Crippen LogP contribution >= 0.6 is 11.6 Å². The van der Waals surface area contributed by atoms with Gasteiger partial charge in [-0.25, -0.2) is 0 Å². The molecule has 112 valence electrons. The van der Waals surface area contributed by atoms with E-state index in [2.05, 4.69) is 73.3 Å². The summed E-state index contributed by atoms with van der Waals surface area (Å²) in [4.78, 5) is 2.39. The minimum absolute atomic E-state index is 0.0413. The molecule has 0 N–H and O–H groups in total. The van der Waals surface area contributed by atoms with Gasteiger partial charge in [0.2, 0.25) is 0 Å². The van der Waals surface area contributed by atoms with Crippen molar-refractivity contribution in [2.75, 3.05) is 13.1 Å². The third-order valence-corrected chi connectivity index (χ3v) is 4.25. The van der Waals surface area contributed by atoms with E-state index in [1.165, 1.54) is 16.7 Å². The first-order valence-corrected chi connectivity index (χ1v) is 8.15. The molecule has 0 saturated carbocycles. The maximum absolute atomic E-state index is 6.60. The lowest BCUT2D eigenvalue weighted by molar-refractivity contribution is 0.280. The molecular weight excluding hydrogens is 278 g/mol. The molecule has 2 rings (SSSR count). The quantitative estimate of drug-likeness (QED) is 0.647. The van der Waals surface area contributed by atoms with E-state index in [-0.39, 0.29) is 5.38 Å². The third kappa shape index (κ3) is 4.87. The van der Waals surface area contributed by atoms with Crippen molar-refractivity contribution in [1.82, 2.24) is 4.90 Å². The Hall–Kier alpha value is -1.31. The lowest BCUT2D eigenvalue weighted by Gasteiger charge is -2.23. The summed E-state index contributed by atoms with van der Waals surface area (Å²) in [5.74, 6) is 0. The molecule has 0 heterocycles. The van der Waals surface area contributed by atoms with E-state index < -0.39 is 0 Å².